The van der Waals surface area contributed by atoms with Crippen molar-refractivity contribution in [3.63, 3.8) is 0 Å². The molecule has 198 valence electrons. The fraction of sp³-hybridized carbons (Fsp3) is 0.560. The Morgan fingerprint density at radius 1 is 0.917 bits per heavy atom. The van der Waals surface area contributed by atoms with Crippen LogP contribution in [0.2, 0.25) is 10.0 Å². The second-order valence-electron chi connectivity index (χ2n) is 8.30. The lowest BCUT2D eigenvalue weighted by Gasteiger charge is -2.23. The molecule has 0 aliphatic carbocycles. The van der Waals surface area contributed by atoms with E-state index < -0.39 is 0 Å². The number of pyridine rings is 2. The molecule has 4 heterocycles. The van der Waals surface area contributed by atoms with Gasteiger partial charge in [0.05, 0.1) is 23.3 Å². The van der Waals surface area contributed by atoms with Gasteiger partial charge in [-0.25, -0.2) is 0 Å². The molecule has 2 fully saturated rings. The fourth-order valence-corrected chi connectivity index (χ4v) is 4.66. The number of ketones is 1. The van der Waals surface area contributed by atoms with Gasteiger partial charge >= 0.3 is 0 Å². The largest absolute Gasteiger partial charge is 0.377 e. The van der Waals surface area contributed by atoms with Gasteiger partial charge in [-0.2, -0.15) is 0 Å². The summed E-state index contributed by atoms with van der Waals surface area (Å²) in [5.41, 5.74) is 2.00. The summed E-state index contributed by atoms with van der Waals surface area (Å²) in [5.74, 6) is -0.161. The highest BCUT2D eigenvalue weighted by atomic mass is 79.9. The maximum atomic E-state index is 12.0. The molecule has 8 nitrogen and oxygen atoms in total. The fourth-order valence-electron chi connectivity index (χ4n) is 3.67. The van der Waals surface area contributed by atoms with Crippen LogP contribution in [0.3, 0.4) is 0 Å². The summed E-state index contributed by atoms with van der Waals surface area (Å²) in [5, 5.41) is 1.04. The minimum absolute atomic E-state index is 0.00501. The van der Waals surface area contributed by atoms with Gasteiger partial charge in [0.15, 0.2) is 18.4 Å². The van der Waals surface area contributed by atoms with E-state index in [0.29, 0.717) is 34.4 Å². The molecule has 0 amide bonds. The van der Waals surface area contributed by atoms with Gasteiger partial charge in [0.25, 0.3) is 0 Å². The molecule has 11 heteroatoms. The van der Waals surface area contributed by atoms with Crippen molar-refractivity contribution in [2.75, 3.05) is 26.9 Å². The van der Waals surface area contributed by atoms with Crippen LogP contribution in [0.15, 0.2) is 29.3 Å². The van der Waals surface area contributed by atoms with E-state index in [1.807, 2.05) is 0 Å². The van der Waals surface area contributed by atoms with E-state index in [-0.39, 0.29) is 31.6 Å². The quantitative estimate of drug-likeness (QED) is 0.315. The van der Waals surface area contributed by atoms with E-state index in [2.05, 4.69) is 25.9 Å². The maximum Gasteiger partial charge on any atom is 0.190 e. The number of halogens is 3. The smallest absolute Gasteiger partial charge is 0.190 e. The van der Waals surface area contributed by atoms with E-state index in [4.69, 9.17) is 46.9 Å². The molecule has 2 saturated heterocycles. The second-order valence-corrected chi connectivity index (χ2v) is 9.97. The molecule has 4 rings (SSSR count). The first kappa shape index (κ1) is 29.4. The molecule has 0 spiro atoms. The molecule has 2 atom stereocenters. The van der Waals surface area contributed by atoms with E-state index in [1.54, 1.807) is 12.4 Å². The van der Waals surface area contributed by atoms with Crippen molar-refractivity contribution < 1.29 is 28.5 Å². The molecule has 0 aromatic carbocycles. The molecule has 0 N–H and O–H groups in total. The van der Waals surface area contributed by atoms with Gasteiger partial charge in [-0.3, -0.25) is 14.8 Å². The highest BCUT2D eigenvalue weighted by molar-refractivity contribution is 9.10. The van der Waals surface area contributed by atoms with Gasteiger partial charge in [-0.15, -0.1) is 0 Å². The van der Waals surface area contributed by atoms with Crippen molar-refractivity contribution in [3.05, 3.63) is 56.0 Å². The normalized spacial score (nSPS) is 19.9. The van der Waals surface area contributed by atoms with Gasteiger partial charge < -0.3 is 23.7 Å². The SMILES string of the molecule is COCC(=O)c1cncc(Cl)c1COC1CCCCO1.Clc1cncc(Br)c1COC1CCCCO1. The molecule has 0 radical (unpaired) electrons. The lowest BCUT2D eigenvalue weighted by Crippen LogP contribution is -2.22. The lowest BCUT2D eigenvalue weighted by molar-refractivity contribution is -0.169. The van der Waals surface area contributed by atoms with Crippen molar-refractivity contribution in [1.29, 1.82) is 0 Å². The zero-order valence-corrected chi connectivity index (χ0v) is 23.3. The van der Waals surface area contributed by atoms with Crippen LogP contribution >= 0.6 is 39.1 Å². The maximum absolute atomic E-state index is 12.0. The molecule has 36 heavy (non-hydrogen) atoms. The minimum Gasteiger partial charge on any atom is -0.377 e. The topological polar surface area (TPSA) is 89.0 Å². The van der Waals surface area contributed by atoms with Crippen LogP contribution in [0.5, 0.6) is 0 Å². The number of methoxy groups -OCH3 is 1. The molecule has 2 aliphatic heterocycles. The summed E-state index contributed by atoms with van der Waals surface area (Å²) in [6.07, 6.45) is 12.3. The van der Waals surface area contributed by atoms with Crippen LogP contribution < -0.4 is 0 Å². The predicted molar refractivity (Wildman–Crippen MR) is 139 cm³/mol. The first-order chi connectivity index (χ1) is 17.5. The Hall–Kier alpha value is -1.17. The Bertz CT molecular complexity index is 951. The van der Waals surface area contributed by atoms with Gasteiger partial charge in [-0.1, -0.05) is 23.2 Å². The highest BCUT2D eigenvalue weighted by Gasteiger charge is 2.19. The van der Waals surface area contributed by atoms with E-state index >= 15 is 0 Å². The predicted octanol–water partition coefficient (Wildman–Crippen LogP) is 6.15. The van der Waals surface area contributed by atoms with Crippen molar-refractivity contribution in [2.45, 2.75) is 64.3 Å². The molecule has 2 unspecified atom stereocenters. The Balaban J connectivity index is 0.000000205. The van der Waals surface area contributed by atoms with Crippen LogP contribution in [0.25, 0.3) is 0 Å². The summed E-state index contributed by atoms with van der Waals surface area (Å²) in [6.45, 7) is 2.18. The highest BCUT2D eigenvalue weighted by Crippen LogP contribution is 2.26. The summed E-state index contributed by atoms with van der Waals surface area (Å²) in [7, 11) is 1.47. The summed E-state index contributed by atoms with van der Waals surface area (Å²) < 4.78 is 28.1. The van der Waals surface area contributed by atoms with Crippen molar-refractivity contribution in [1.82, 2.24) is 9.97 Å². The van der Waals surface area contributed by atoms with Crippen LogP contribution in [0.1, 0.15) is 60.0 Å². The number of aromatic nitrogens is 2. The Labute approximate surface area is 230 Å². The average molecular weight is 606 g/mol. The van der Waals surface area contributed by atoms with Crippen molar-refractivity contribution >= 4 is 44.9 Å². The van der Waals surface area contributed by atoms with Gasteiger partial charge in [-0.05, 0) is 54.5 Å². The molecular weight excluding hydrogens is 575 g/mol. The number of ether oxygens (including phenoxy) is 5. The molecule has 0 saturated carbocycles. The van der Waals surface area contributed by atoms with E-state index in [1.165, 1.54) is 19.5 Å². The third-order valence-electron chi connectivity index (χ3n) is 5.64. The Kier molecular flexibility index (Phi) is 13.0. The Morgan fingerprint density at radius 2 is 1.47 bits per heavy atom. The number of carbonyl (C=O) groups excluding carboxylic acids is 1. The van der Waals surface area contributed by atoms with E-state index in [0.717, 1.165) is 55.2 Å². The first-order valence-electron chi connectivity index (χ1n) is 11.9. The lowest BCUT2D eigenvalue weighted by atomic mass is 10.1. The molecule has 2 aromatic heterocycles. The standard InChI is InChI=1S/C14H18ClNO4.C11H13BrClNO2/c1-18-9-13(17)10-6-16-7-12(15)11(10)8-20-14-4-2-3-5-19-14;12-9-5-14-6-10(13)8(9)7-16-11-3-1-2-4-15-11/h6-7,14H,2-5,8-9H2,1H3;5-6,11H,1-4,7H2. The number of Topliss-reactive ketones (excluding diaryl/α,β-unsaturated/α-hetero) is 1. The zero-order valence-electron chi connectivity index (χ0n) is 20.2. The van der Waals surface area contributed by atoms with Crippen molar-refractivity contribution in [2.24, 2.45) is 0 Å². The van der Waals surface area contributed by atoms with Gasteiger partial charge in [0.1, 0.15) is 6.61 Å². The van der Waals surface area contributed by atoms with E-state index in [9.17, 15) is 4.79 Å². The monoisotopic (exact) mass is 604 g/mol. The van der Waals surface area contributed by atoms with Crippen LogP contribution in [-0.2, 0) is 36.9 Å². The number of rotatable bonds is 9. The first-order valence-corrected chi connectivity index (χ1v) is 13.4. The number of hydrogen-bond donors (Lipinski definition) is 0. The molecule has 0 bridgehead atoms. The second kappa shape index (κ2) is 15.9. The molecule has 2 aromatic rings. The molecular formula is C25H31BrCl2N2O6. The third-order valence-corrected chi connectivity index (χ3v) is 6.97. The zero-order chi connectivity index (χ0) is 25.8. The Morgan fingerprint density at radius 3 is 2.00 bits per heavy atom. The van der Waals surface area contributed by atoms with Crippen LogP contribution in [-0.4, -0.2) is 55.3 Å². The third kappa shape index (κ3) is 9.29. The number of carbonyl (C=O) groups is 1. The average Bonchev–Trinajstić information content (AvgIpc) is 2.89. The number of hydrogen-bond acceptors (Lipinski definition) is 8. The number of nitrogens with zero attached hydrogens (tertiary/aromatic N) is 2. The summed E-state index contributed by atoms with van der Waals surface area (Å²) >= 11 is 15.6. The summed E-state index contributed by atoms with van der Waals surface area (Å²) in [4.78, 5) is 19.9. The van der Waals surface area contributed by atoms with Gasteiger partial charge in [0.2, 0.25) is 0 Å². The van der Waals surface area contributed by atoms with Crippen LogP contribution in [0.4, 0.5) is 0 Å². The minimum atomic E-state index is -0.224. The van der Waals surface area contributed by atoms with Gasteiger partial charge in [0, 0.05) is 66.3 Å². The summed E-state index contributed by atoms with van der Waals surface area (Å²) in [6, 6.07) is 0. The molecule has 2 aliphatic rings. The van der Waals surface area contributed by atoms with Crippen molar-refractivity contribution in [3.8, 4) is 0 Å². The van der Waals surface area contributed by atoms with Crippen LogP contribution in [0, 0.1) is 0 Å².